The Morgan fingerprint density at radius 3 is 2.85 bits per heavy atom. The van der Waals surface area contributed by atoms with Gasteiger partial charge in [0, 0.05) is 6.07 Å². The third-order valence-electron chi connectivity index (χ3n) is 1.36. The molecule has 0 spiro atoms. The molecule has 0 saturated carbocycles. The predicted octanol–water partition coefficient (Wildman–Crippen LogP) is 0.520. The zero-order valence-corrected chi connectivity index (χ0v) is 7.38. The van der Waals surface area contributed by atoms with Crippen LogP contribution in [0.1, 0.15) is 10.5 Å². The molecule has 0 fully saturated rings. The van der Waals surface area contributed by atoms with Gasteiger partial charge in [0.2, 0.25) is 0 Å². The summed E-state index contributed by atoms with van der Waals surface area (Å²) in [4.78, 5) is 23.9. The first kappa shape index (κ1) is 9.60. The summed E-state index contributed by atoms with van der Waals surface area (Å²) in [6, 6.07) is 0.979. The Balaban J connectivity index is 3.32. The van der Waals surface area contributed by atoms with Crippen LogP contribution in [0.25, 0.3) is 0 Å². The highest BCUT2D eigenvalue weighted by Gasteiger charge is 2.13. The zero-order valence-electron chi connectivity index (χ0n) is 6.63. The number of esters is 1. The molecule has 6 heteroatoms. The summed E-state index contributed by atoms with van der Waals surface area (Å²) in [5.41, 5.74) is -0.961. The molecule has 0 unspecified atom stereocenters. The Morgan fingerprint density at radius 2 is 2.31 bits per heavy atom. The van der Waals surface area contributed by atoms with E-state index in [1.54, 1.807) is 0 Å². The standard InChI is InChI=1S/C7H6ClNO4/c1-13-7(12)5-3(8)2-4(10)6(11)9-5/h2,10H,1H3,(H,9,11). The summed E-state index contributed by atoms with van der Waals surface area (Å²) in [5, 5.41) is 8.83. The average molecular weight is 204 g/mol. The van der Waals surface area contributed by atoms with Crippen molar-refractivity contribution in [2.45, 2.75) is 0 Å². The van der Waals surface area contributed by atoms with Gasteiger partial charge < -0.3 is 14.8 Å². The van der Waals surface area contributed by atoms with Crippen LogP contribution in [0.5, 0.6) is 5.75 Å². The van der Waals surface area contributed by atoms with Gasteiger partial charge in [-0.3, -0.25) is 4.79 Å². The van der Waals surface area contributed by atoms with Gasteiger partial charge in [-0.05, 0) is 0 Å². The summed E-state index contributed by atoms with van der Waals surface area (Å²) in [5.74, 6) is -1.31. The molecule has 0 atom stereocenters. The van der Waals surface area contributed by atoms with E-state index in [1.807, 2.05) is 0 Å². The summed E-state index contributed by atoms with van der Waals surface area (Å²) in [7, 11) is 1.16. The molecular formula is C7H6ClNO4. The van der Waals surface area contributed by atoms with Crippen LogP contribution in [-0.2, 0) is 4.74 Å². The van der Waals surface area contributed by atoms with Crippen molar-refractivity contribution in [3.63, 3.8) is 0 Å². The molecule has 5 nitrogen and oxygen atoms in total. The van der Waals surface area contributed by atoms with E-state index in [-0.39, 0.29) is 10.7 Å². The van der Waals surface area contributed by atoms with Crippen LogP contribution < -0.4 is 5.56 Å². The van der Waals surface area contributed by atoms with E-state index in [0.29, 0.717) is 0 Å². The molecule has 2 N–H and O–H groups in total. The van der Waals surface area contributed by atoms with Gasteiger partial charge in [-0.1, -0.05) is 11.6 Å². The molecule has 1 aromatic heterocycles. The second kappa shape index (κ2) is 3.49. The van der Waals surface area contributed by atoms with Gasteiger partial charge in [-0.2, -0.15) is 0 Å². The van der Waals surface area contributed by atoms with Gasteiger partial charge in [0.25, 0.3) is 5.56 Å². The van der Waals surface area contributed by atoms with Gasteiger partial charge in [-0.15, -0.1) is 0 Å². The fourth-order valence-electron chi connectivity index (χ4n) is 0.746. The number of ether oxygens (including phenoxy) is 1. The van der Waals surface area contributed by atoms with Crippen molar-refractivity contribution in [3.8, 4) is 5.75 Å². The second-order valence-corrected chi connectivity index (χ2v) is 2.61. The lowest BCUT2D eigenvalue weighted by molar-refractivity contribution is 0.0594. The number of nitrogens with one attached hydrogen (secondary N) is 1. The molecule has 0 aromatic carbocycles. The van der Waals surface area contributed by atoms with E-state index in [2.05, 4.69) is 9.72 Å². The first-order chi connectivity index (χ1) is 6.06. The molecule has 0 radical (unpaired) electrons. The van der Waals surface area contributed by atoms with Crippen molar-refractivity contribution in [2.24, 2.45) is 0 Å². The zero-order chi connectivity index (χ0) is 10.0. The lowest BCUT2D eigenvalue weighted by Crippen LogP contribution is -2.14. The molecule has 0 bridgehead atoms. The van der Waals surface area contributed by atoms with Crippen LogP contribution >= 0.6 is 11.6 Å². The summed E-state index contributed by atoms with van der Waals surface area (Å²) < 4.78 is 4.34. The first-order valence-corrected chi connectivity index (χ1v) is 3.64. The van der Waals surface area contributed by atoms with Crippen LogP contribution in [-0.4, -0.2) is 23.2 Å². The Morgan fingerprint density at radius 1 is 1.69 bits per heavy atom. The molecule has 0 amide bonds. The van der Waals surface area contributed by atoms with Gasteiger partial charge in [0.1, 0.15) is 5.69 Å². The summed E-state index contributed by atoms with van der Waals surface area (Å²) >= 11 is 5.54. The fraction of sp³-hybridized carbons (Fsp3) is 0.143. The van der Waals surface area contributed by atoms with E-state index < -0.39 is 17.3 Å². The maximum absolute atomic E-state index is 10.9. The molecule has 70 valence electrons. The Kier molecular flexibility index (Phi) is 2.57. The number of H-pyrrole nitrogens is 1. The van der Waals surface area contributed by atoms with Crippen LogP contribution in [0.15, 0.2) is 10.9 Å². The van der Waals surface area contributed by atoms with Crippen molar-refractivity contribution >= 4 is 17.6 Å². The molecule has 0 aliphatic carbocycles. The van der Waals surface area contributed by atoms with Crippen molar-refractivity contribution in [1.82, 2.24) is 4.98 Å². The normalized spacial score (nSPS) is 9.69. The molecule has 0 saturated heterocycles. The third-order valence-corrected chi connectivity index (χ3v) is 1.66. The lowest BCUT2D eigenvalue weighted by atomic mass is 10.3. The second-order valence-electron chi connectivity index (χ2n) is 2.20. The quantitative estimate of drug-likeness (QED) is 0.653. The van der Waals surface area contributed by atoms with E-state index in [9.17, 15) is 9.59 Å². The van der Waals surface area contributed by atoms with Crippen molar-refractivity contribution < 1.29 is 14.6 Å². The van der Waals surface area contributed by atoms with Gasteiger partial charge >= 0.3 is 5.97 Å². The van der Waals surface area contributed by atoms with Crippen LogP contribution in [0, 0.1) is 0 Å². The highest BCUT2D eigenvalue weighted by atomic mass is 35.5. The van der Waals surface area contributed by atoms with Crippen molar-refractivity contribution in [1.29, 1.82) is 0 Å². The highest BCUT2D eigenvalue weighted by Crippen LogP contribution is 2.16. The minimum absolute atomic E-state index is 0.0658. The van der Waals surface area contributed by atoms with E-state index in [0.717, 1.165) is 13.2 Å². The number of rotatable bonds is 1. The predicted molar refractivity (Wildman–Crippen MR) is 45.1 cm³/mol. The number of aromatic amines is 1. The maximum atomic E-state index is 10.9. The molecular weight excluding hydrogens is 198 g/mol. The van der Waals surface area contributed by atoms with E-state index in [4.69, 9.17) is 16.7 Å². The first-order valence-electron chi connectivity index (χ1n) is 3.26. The van der Waals surface area contributed by atoms with Gasteiger partial charge in [0.15, 0.2) is 5.75 Å². The largest absolute Gasteiger partial charge is 0.503 e. The maximum Gasteiger partial charge on any atom is 0.356 e. The Labute approximate surface area is 77.9 Å². The Hall–Kier alpha value is -1.49. The molecule has 1 heterocycles. The number of aromatic hydroxyl groups is 1. The number of hydrogen-bond donors (Lipinski definition) is 2. The summed E-state index contributed by atoms with van der Waals surface area (Å²) in [6.07, 6.45) is 0. The molecule has 0 aliphatic heterocycles. The number of carbonyl (C=O) groups is 1. The third kappa shape index (κ3) is 1.81. The molecule has 1 rings (SSSR count). The topological polar surface area (TPSA) is 79.4 Å². The highest BCUT2D eigenvalue weighted by molar-refractivity contribution is 6.33. The Bertz CT molecular complexity index is 398. The minimum atomic E-state index is -0.787. The molecule has 13 heavy (non-hydrogen) atoms. The number of pyridine rings is 1. The minimum Gasteiger partial charge on any atom is -0.503 e. The number of hydrogen-bond acceptors (Lipinski definition) is 4. The number of halogens is 1. The number of methoxy groups -OCH3 is 1. The SMILES string of the molecule is COC(=O)c1[nH]c(=O)c(O)cc1Cl. The molecule has 1 aromatic rings. The lowest BCUT2D eigenvalue weighted by Gasteiger charge is -2.01. The van der Waals surface area contributed by atoms with Gasteiger partial charge in [0.05, 0.1) is 12.1 Å². The monoisotopic (exact) mass is 203 g/mol. The van der Waals surface area contributed by atoms with Crippen molar-refractivity contribution in [2.75, 3.05) is 7.11 Å². The average Bonchev–Trinajstić information content (AvgIpc) is 2.10. The van der Waals surface area contributed by atoms with Crippen LogP contribution in [0.3, 0.4) is 0 Å². The van der Waals surface area contributed by atoms with E-state index >= 15 is 0 Å². The van der Waals surface area contributed by atoms with Crippen molar-refractivity contribution in [3.05, 3.63) is 27.1 Å². The number of aromatic nitrogens is 1. The smallest absolute Gasteiger partial charge is 0.356 e. The summed E-state index contributed by atoms with van der Waals surface area (Å²) in [6.45, 7) is 0. The van der Waals surface area contributed by atoms with E-state index in [1.165, 1.54) is 0 Å². The number of carbonyl (C=O) groups excluding carboxylic acids is 1. The molecule has 0 aliphatic rings. The fourth-order valence-corrected chi connectivity index (χ4v) is 0.973. The van der Waals surface area contributed by atoms with Crippen LogP contribution in [0.4, 0.5) is 0 Å². The van der Waals surface area contributed by atoms with Gasteiger partial charge in [-0.25, -0.2) is 4.79 Å². The van der Waals surface area contributed by atoms with Crippen LogP contribution in [0.2, 0.25) is 5.02 Å².